The molecule has 1 atom stereocenters. The minimum absolute atomic E-state index is 0.0501. The van der Waals surface area contributed by atoms with Crippen LogP contribution in [0.3, 0.4) is 0 Å². The van der Waals surface area contributed by atoms with Crippen LogP contribution in [0.5, 0.6) is 0 Å². The molecule has 1 aliphatic rings. The number of benzene rings is 1. The van der Waals surface area contributed by atoms with E-state index in [1.165, 1.54) is 11.8 Å². The monoisotopic (exact) mass is 270 g/mol. The molecule has 0 aliphatic carbocycles. The van der Waals surface area contributed by atoms with E-state index in [2.05, 4.69) is 0 Å². The highest BCUT2D eigenvalue weighted by Crippen LogP contribution is 2.37. The van der Waals surface area contributed by atoms with Crippen LogP contribution in [0.2, 0.25) is 0 Å². The number of nitrogens with zero attached hydrogens (tertiary/aromatic N) is 2. The zero-order chi connectivity index (χ0) is 14.9. The van der Waals surface area contributed by atoms with Crippen LogP contribution >= 0.6 is 0 Å². The molecule has 1 aliphatic heterocycles. The Hall–Kier alpha value is -2.61. The molecular weight excluding hydrogens is 256 g/mol. The van der Waals surface area contributed by atoms with Gasteiger partial charge in [-0.1, -0.05) is 29.8 Å². The quantitative estimate of drug-likeness (QED) is 0.849. The molecule has 1 unspecified atom stereocenters. The van der Waals surface area contributed by atoms with Crippen LogP contribution in [0.15, 0.2) is 35.6 Å². The average molecular weight is 270 g/mol. The van der Waals surface area contributed by atoms with Crippen molar-refractivity contribution in [2.75, 3.05) is 6.54 Å². The first-order valence-corrected chi connectivity index (χ1v) is 6.16. The number of hydrogen-bond donors (Lipinski definition) is 1. The molecule has 0 bridgehead atoms. The van der Waals surface area contributed by atoms with Gasteiger partial charge in [-0.3, -0.25) is 9.59 Å². The van der Waals surface area contributed by atoms with Crippen molar-refractivity contribution in [3.8, 4) is 6.07 Å². The number of ketones is 1. The van der Waals surface area contributed by atoms with Crippen molar-refractivity contribution in [2.24, 2.45) is 0 Å². The molecule has 0 aromatic heterocycles. The predicted octanol–water partition coefficient (Wildman–Crippen LogP) is 1.80. The van der Waals surface area contributed by atoms with E-state index >= 15 is 0 Å². The fraction of sp³-hybridized carbons (Fsp3) is 0.267. The van der Waals surface area contributed by atoms with Crippen molar-refractivity contribution in [3.05, 3.63) is 46.7 Å². The second-order valence-electron chi connectivity index (χ2n) is 4.72. The predicted molar refractivity (Wildman–Crippen MR) is 71.6 cm³/mol. The molecule has 102 valence electrons. The molecular formula is C15H14N2O3. The molecule has 5 nitrogen and oxygen atoms in total. The molecule has 0 saturated heterocycles. The van der Waals surface area contributed by atoms with Crippen molar-refractivity contribution >= 4 is 11.7 Å². The van der Waals surface area contributed by atoms with Gasteiger partial charge in [-0.2, -0.15) is 5.26 Å². The minimum Gasteiger partial charge on any atom is -0.503 e. The Bertz CT molecular complexity index is 638. The Kier molecular flexibility index (Phi) is 3.57. The highest BCUT2D eigenvalue weighted by Gasteiger charge is 2.42. The first-order valence-electron chi connectivity index (χ1n) is 6.16. The van der Waals surface area contributed by atoms with E-state index in [0.717, 1.165) is 5.56 Å². The number of amides is 1. The summed E-state index contributed by atoms with van der Waals surface area (Å²) in [6, 6.07) is 8.49. The molecule has 1 heterocycles. The number of rotatable bonds is 3. The Balaban J connectivity index is 2.54. The van der Waals surface area contributed by atoms with Gasteiger partial charge in [0.1, 0.15) is 6.54 Å². The van der Waals surface area contributed by atoms with E-state index in [4.69, 9.17) is 5.26 Å². The Morgan fingerprint density at radius 1 is 1.40 bits per heavy atom. The van der Waals surface area contributed by atoms with Gasteiger partial charge in [0, 0.05) is 0 Å². The first-order chi connectivity index (χ1) is 9.47. The fourth-order valence-electron chi connectivity index (χ4n) is 2.35. The van der Waals surface area contributed by atoms with Crippen LogP contribution < -0.4 is 0 Å². The van der Waals surface area contributed by atoms with Gasteiger partial charge in [0.25, 0.3) is 5.91 Å². The molecule has 2 rings (SSSR count). The third-order valence-electron chi connectivity index (χ3n) is 3.32. The molecule has 0 spiro atoms. The molecule has 1 aromatic rings. The Morgan fingerprint density at radius 3 is 2.50 bits per heavy atom. The largest absolute Gasteiger partial charge is 0.503 e. The molecule has 0 saturated carbocycles. The van der Waals surface area contributed by atoms with Crippen LogP contribution in [-0.4, -0.2) is 28.2 Å². The highest BCUT2D eigenvalue weighted by atomic mass is 16.3. The lowest BCUT2D eigenvalue weighted by atomic mass is 9.96. The van der Waals surface area contributed by atoms with Crippen LogP contribution in [0.25, 0.3) is 0 Å². The van der Waals surface area contributed by atoms with E-state index in [9.17, 15) is 14.7 Å². The normalized spacial score (nSPS) is 18.4. The minimum atomic E-state index is -0.694. The maximum atomic E-state index is 12.0. The van der Waals surface area contributed by atoms with Gasteiger partial charge in [0.15, 0.2) is 11.5 Å². The lowest BCUT2D eigenvalue weighted by Gasteiger charge is -2.24. The topological polar surface area (TPSA) is 81.4 Å². The summed E-state index contributed by atoms with van der Waals surface area (Å²) in [5, 5.41) is 18.7. The highest BCUT2D eigenvalue weighted by molar-refractivity contribution is 6.08. The van der Waals surface area contributed by atoms with Crippen molar-refractivity contribution in [1.29, 1.82) is 5.26 Å². The van der Waals surface area contributed by atoms with Gasteiger partial charge >= 0.3 is 0 Å². The van der Waals surface area contributed by atoms with Crippen molar-refractivity contribution in [1.82, 2.24) is 4.90 Å². The number of aryl methyl sites for hydroxylation is 1. The Labute approximate surface area is 116 Å². The van der Waals surface area contributed by atoms with Crippen molar-refractivity contribution in [2.45, 2.75) is 19.9 Å². The summed E-state index contributed by atoms with van der Waals surface area (Å²) in [5.74, 6) is -1.61. The lowest BCUT2D eigenvalue weighted by Crippen LogP contribution is -2.31. The van der Waals surface area contributed by atoms with Gasteiger partial charge in [-0.05, 0) is 19.4 Å². The fourth-order valence-corrected chi connectivity index (χ4v) is 2.35. The van der Waals surface area contributed by atoms with Crippen LogP contribution in [0.1, 0.15) is 24.1 Å². The SMILES string of the molecule is CC(=O)C1=C(O)C(=O)N(CC#N)C1c1ccc(C)cc1. The van der Waals surface area contributed by atoms with Gasteiger partial charge in [-0.25, -0.2) is 0 Å². The lowest BCUT2D eigenvalue weighted by molar-refractivity contribution is -0.128. The number of nitriles is 1. The van der Waals surface area contributed by atoms with Crippen molar-refractivity contribution in [3.63, 3.8) is 0 Å². The summed E-state index contributed by atoms with van der Waals surface area (Å²) in [6.45, 7) is 3.05. The molecule has 20 heavy (non-hydrogen) atoms. The van der Waals surface area contributed by atoms with E-state index < -0.39 is 17.7 Å². The van der Waals surface area contributed by atoms with Gasteiger partial charge < -0.3 is 10.0 Å². The standard InChI is InChI=1S/C15H14N2O3/c1-9-3-5-11(6-4-9)13-12(10(2)18)14(19)15(20)17(13)8-7-16/h3-6,13,19H,8H2,1-2H3. The number of aliphatic hydroxyl groups excluding tert-OH is 1. The molecule has 1 aromatic carbocycles. The Morgan fingerprint density at radius 2 is 2.00 bits per heavy atom. The van der Waals surface area contributed by atoms with E-state index in [1.54, 1.807) is 12.1 Å². The van der Waals surface area contributed by atoms with Gasteiger partial charge in [-0.15, -0.1) is 0 Å². The number of hydrogen-bond acceptors (Lipinski definition) is 4. The molecule has 0 radical (unpaired) electrons. The number of carbonyl (C=O) groups excluding carboxylic acids is 2. The van der Waals surface area contributed by atoms with Crippen LogP contribution in [-0.2, 0) is 9.59 Å². The second kappa shape index (κ2) is 5.17. The molecule has 1 N–H and O–H groups in total. The smallest absolute Gasteiger partial charge is 0.290 e. The summed E-state index contributed by atoms with van der Waals surface area (Å²) < 4.78 is 0. The number of aliphatic hydroxyl groups is 1. The summed E-state index contributed by atoms with van der Waals surface area (Å²) in [6.07, 6.45) is 0. The van der Waals surface area contributed by atoms with Gasteiger partial charge in [0.2, 0.25) is 0 Å². The maximum Gasteiger partial charge on any atom is 0.290 e. The summed E-state index contributed by atoms with van der Waals surface area (Å²) in [5.41, 5.74) is 1.80. The second-order valence-corrected chi connectivity index (χ2v) is 4.72. The van der Waals surface area contributed by atoms with Crippen LogP contribution in [0, 0.1) is 18.3 Å². The zero-order valence-corrected chi connectivity index (χ0v) is 11.3. The first kappa shape index (κ1) is 13.8. The zero-order valence-electron chi connectivity index (χ0n) is 11.3. The van der Waals surface area contributed by atoms with E-state index in [0.29, 0.717) is 5.56 Å². The number of Topliss-reactive ketones (excluding diaryl/α,β-unsaturated/α-hetero) is 1. The molecule has 5 heteroatoms. The molecule has 0 fully saturated rings. The van der Waals surface area contributed by atoms with E-state index in [1.807, 2.05) is 25.1 Å². The third kappa shape index (κ3) is 2.16. The maximum absolute atomic E-state index is 12.0. The van der Waals surface area contributed by atoms with E-state index in [-0.39, 0.29) is 17.9 Å². The summed E-state index contributed by atoms with van der Waals surface area (Å²) >= 11 is 0. The van der Waals surface area contributed by atoms with Crippen molar-refractivity contribution < 1.29 is 14.7 Å². The summed E-state index contributed by atoms with van der Waals surface area (Å²) in [4.78, 5) is 24.9. The van der Waals surface area contributed by atoms with Crippen LogP contribution in [0.4, 0.5) is 0 Å². The third-order valence-corrected chi connectivity index (χ3v) is 3.32. The van der Waals surface area contributed by atoms with Gasteiger partial charge in [0.05, 0.1) is 17.7 Å². The molecule has 1 amide bonds. The summed E-state index contributed by atoms with van der Waals surface area (Å²) in [7, 11) is 0. The average Bonchev–Trinajstić information content (AvgIpc) is 2.65. The number of carbonyl (C=O) groups is 2.